The molecular formula is C8H10F2N4. The monoisotopic (exact) mass is 200 g/mol. The third kappa shape index (κ3) is 1.65. The molecule has 4 nitrogen and oxygen atoms in total. The van der Waals surface area contributed by atoms with Gasteiger partial charge in [-0.15, -0.1) is 0 Å². The predicted molar refractivity (Wildman–Crippen MR) is 47.1 cm³/mol. The van der Waals surface area contributed by atoms with Crippen molar-refractivity contribution < 1.29 is 8.78 Å². The summed E-state index contributed by atoms with van der Waals surface area (Å²) in [5.74, 6) is -2.26. The minimum atomic E-state index is -2.60. The third-order valence-corrected chi connectivity index (χ3v) is 2.04. The van der Waals surface area contributed by atoms with Crippen molar-refractivity contribution in [2.75, 3.05) is 18.0 Å². The second-order valence-electron chi connectivity index (χ2n) is 3.26. The summed E-state index contributed by atoms with van der Waals surface area (Å²) in [6.45, 7) is -0.318. The van der Waals surface area contributed by atoms with Crippen LogP contribution >= 0.6 is 0 Å². The Morgan fingerprint density at radius 3 is 2.79 bits per heavy atom. The van der Waals surface area contributed by atoms with Crippen LogP contribution < -0.4 is 10.6 Å². The van der Waals surface area contributed by atoms with Crippen LogP contribution in [0.3, 0.4) is 0 Å². The van der Waals surface area contributed by atoms with E-state index < -0.39 is 5.92 Å². The molecule has 0 aliphatic carbocycles. The largest absolute Gasteiger partial charge is 0.329 e. The lowest BCUT2D eigenvalue weighted by atomic mass is 10.2. The van der Waals surface area contributed by atoms with Gasteiger partial charge in [0.1, 0.15) is 0 Å². The lowest BCUT2D eigenvalue weighted by Crippen LogP contribution is -2.57. The van der Waals surface area contributed by atoms with Gasteiger partial charge in [-0.25, -0.2) is 18.7 Å². The highest BCUT2D eigenvalue weighted by Gasteiger charge is 2.45. The molecule has 0 spiro atoms. The Morgan fingerprint density at radius 2 is 2.21 bits per heavy atom. The predicted octanol–water partition coefficient (Wildman–Crippen LogP) is 0.391. The Balaban J connectivity index is 2.11. The molecule has 1 fully saturated rings. The number of alkyl halides is 2. The highest BCUT2D eigenvalue weighted by Crippen LogP contribution is 2.29. The number of halogens is 2. The van der Waals surface area contributed by atoms with Crippen molar-refractivity contribution in [1.29, 1.82) is 0 Å². The van der Waals surface area contributed by atoms with Gasteiger partial charge in [-0.1, -0.05) is 0 Å². The maximum Gasteiger partial charge on any atom is 0.282 e. The Hall–Kier alpha value is -1.30. The average Bonchev–Trinajstić information content (AvgIpc) is 2.14. The fourth-order valence-electron chi connectivity index (χ4n) is 1.30. The number of nitrogens with two attached hydrogens (primary N) is 1. The second kappa shape index (κ2) is 3.13. The molecular weight excluding hydrogens is 190 g/mol. The first-order chi connectivity index (χ1) is 6.61. The smallest absolute Gasteiger partial charge is 0.282 e. The second-order valence-corrected chi connectivity index (χ2v) is 3.26. The summed E-state index contributed by atoms with van der Waals surface area (Å²) in [5.41, 5.74) is 6.03. The third-order valence-electron chi connectivity index (χ3n) is 2.04. The van der Waals surface area contributed by atoms with E-state index in [1.54, 1.807) is 6.07 Å². The topological polar surface area (TPSA) is 55.0 Å². The first-order valence-corrected chi connectivity index (χ1v) is 4.25. The standard InChI is InChI=1S/C8H10F2N4/c9-8(10)4-14(5-8)7-12-2-1-6(3-11)13-7/h1-2H,3-5,11H2. The average molecular weight is 200 g/mol. The molecule has 1 aliphatic rings. The zero-order valence-corrected chi connectivity index (χ0v) is 7.45. The van der Waals surface area contributed by atoms with Crippen LogP contribution in [0.2, 0.25) is 0 Å². The summed E-state index contributed by atoms with van der Waals surface area (Å²) in [7, 11) is 0. The van der Waals surface area contributed by atoms with Gasteiger partial charge in [0.2, 0.25) is 5.95 Å². The first kappa shape index (κ1) is 9.26. The van der Waals surface area contributed by atoms with Crippen LogP contribution in [0.25, 0.3) is 0 Å². The highest BCUT2D eigenvalue weighted by molar-refractivity contribution is 5.36. The van der Waals surface area contributed by atoms with Crippen LogP contribution in [0, 0.1) is 0 Å². The van der Waals surface area contributed by atoms with Crippen LogP contribution in [0.5, 0.6) is 0 Å². The molecule has 1 saturated heterocycles. The SMILES string of the molecule is NCc1ccnc(N2CC(F)(F)C2)n1. The van der Waals surface area contributed by atoms with Crippen molar-refractivity contribution in [3.8, 4) is 0 Å². The number of hydrogen-bond acceptors (Lipinski definition) is 4. The molecule has 2 rings (SSSR count). The number of nitrogens with zero attached hydrogens (tertiary/aromatic N) is 3. The summed E-state index contributed by atoms with van der Waals surface area (Å²) >= 11 is 0. The minimum absolute atomic E-state index is 0.291. The van der Waals surface area contributed by atoms with Crippen LogP contribution in [-0.2, 0) is 6.54 Å². The van der Waals surface area contributed by atoms with Gasteiger partial charge in [0.05, 0.1) is 18.8 Å². The molecule has 1 aliphatic heterocycles. The molecule has 2 heterocycles. The van der Waals surface area contributed by atoms with E-state index in [1.165, 1.54) is 11.1 Å². The van der Waals surface area contributed by atoms with E-state index in [2.05, 4.69) is 9.97 Å². The molecule has 0 unspecified atom stereocenters. The summed E-state index contributed by atoms with van der Waals surface area (Å²) < 4.78 is 25.1. The van der Waals surface area contributed by atoms with Gasteiger partial charge in [0.25, 0.3) is 5.92 Å². The number of anilines is 1. The van der Waals surface area contributed by atoms with Crippen molar-refractivity contribution in [2.24, 2.45) is 5.73 Å². The summed E-state index contributed by atoms with van der Waals surface area (Å²) in [5, 5.41) is 0. The van der Waals surface area contributed by atoms with Gasteiger partial charge in [0, 0.05) is 12.7 Å². The van der Waals surface area contributed by atoms with E-state index in [0.717, 1.165) is 0 Å². The zero-order chi connectivity index (χ0) is 10.2. The summed E-state index contributed by atoms with van der Waals surface area (Å²) in [6, 6.07) is 1.67. The van der Waals surface area contributed by atoms with E-state index in [4.69, 9.17) is 5.73 Å². The lowest BCUT2D eigenvalue weighted by molar-refractivity contribution is -0.0272. The summed E-state index contributed by atoms with van der Waals surface area (Å²) in [6.07, 6.45) is 1.53. The van der Waals surface area contributed by atoms with Crippen molar-refractivity contribution in [3.63, 3.8) is 0 Å². The van der Waals surface area contributed by atoms with Gasteiger partial charge in [-0.05, 0) is 6.07 Å². The lowest BCUT2D eigenvalue weighted by Gasteiger charge is -2.38. The maximum atomic E-state index is 12.5. The van der Waals surface area contributed by atoms with E-state index >= 15 is 0 Å². The fourth-order valence-corrected chi connectivity index (χ4v) is 1.30. The molecule has 6 heteroatoms. The van der Waals surface area contributed by atoms with Gasteiger partial charge < -0.3 is 10.6 Å². The van der Waals surface area contributed by atoms with Crippen molar-refractivity contribution in [2.45, 2.75) is 12.5 Å². The quantitative estimate of drug-likeness (QED) is 0.750. The maximum absolute atomic E-state index is 12.5. The molecule has 0 aromatic carbocycles. The normalized spacial score (nSPS) is 19.2. The first-order valence-electron chi connectivity index (χ1n) is 4.25. The molecule has 0 radical (unpaired) electrons. The number of rotatable bonds is 2. The van der Waals surface area contributed by atoms with Gasteiger partial charge in [0.15, 0.2) is 0 Å². The minimum Gasteiger partial charge on any atom is -0.329 e. The van der Waals surface area contributed by atoms with Crippen LogP contribution in [0.15, 0.2) is 12.3 Å². The molecule has 1 aromatic rings. The van der Waals surface area contributed by atoms with E-state index in [-0.39, 0.29) is 13.1 Å². The van der Waals surface area contributed by atoms with E-state index in [0.29, 0.717) is 18.2 Å². The van der Waals surface area contributed by atoms with Gasteiger partial charge in [-0.3, -0.25) is 0 Å². The molecule has 0 atom stereocenters. The van der Waals surface area contributed by atoms with Crippen LogP contribution in [-0.4, -0.2) is 29.0 Å². The molecule has 0 amide bonds. The van der Waals surface area contributed by atoms with Crippen molar-refractivity contribution >= 4 is 5.95 Å². The molecule has 76 valence electrons. The zero-order valence-electron chi connectivity index (χ0n) is 7.45. The Bertz CT molecular complexity index is 334. The molecule has 14 heavy (non-hydrogen) atoms. The van der Waals surface area contributed by atoms with E-state index in [9.17, 15) is 8.78 Å². The Morgan fingerprint density at radius 1 is 1.50 bits per heavy atom. The summed E-state index contributed by atoms with van der Waals surface area (Å²) in [4.78, 5) is 9.37. The highest BCUT2D eigenvalue weighted by atomic mass is 19.3. The van der Waals surface area contributed by atoms with Gasteiger partial charge in [-0.2, -0.15) is 0 Å². The molecule has 1 aromatic heterocycles. The number of aromatic nitrogens is 2. The fraction of sp³-hybridized carbons (Fsp3) is 0.500. The Kier molecular flexibility index (Phi) is 2.07. The van der Waals surface area contributed by atoms with Crippen molar-refractivity contribution in [1.82, 2.24) is 9.97 Å². The van der Waals surface area contributed by atoms with Crippen LogP contribution in [0.4, 0.5) is 14.7 Å². The van der Waals surface area contributed by atoms with Crippen LogP contribution in [0.1, 0.15) is 5.69 Å². The van der Waals surface area contributed by atoms with Gasteiger partial charge >= 0.3 is 0 Å². The van der Waals surface area contributed by atoms with Crippen molar-refractivity contribution in [3.05, 3.63) is 18.0 Å². The Labute approximate surface area is 79.8 Å². The number of hydrogen-bond donors (Lipinski definition) is 1. The van der Waals surface area contributed by atoms with E-state index in [1.807, 2.05) is 0 Å². The molecule has 0 bridgehead atoms. The molecule has 0 saturated carbocycles. The molecule has 2 N–H and O–H groups in total.